The molecule has 0 amide bonds. The molecule has 0 N–H and O–H groups in total. The minimum atomic E-state index is 0.625. The predicted octanol–water partition coefficient (Wildman–Crippen LogP) is 14.5. The van der Waals surface area contributed by atoms with Crippen molar-refractivity contribution in [3.8, 4) is 39.4 Å². The molecular weight excluding hydrogens is 695 g/mol. The molecule has 57 heavy (non-hydrogen) atoms. The number of rotatable bonds is 7. The van der Waals surface area contributed by atoms with Crippen LogP contribution in [0.15, 0.2) is 217 Å². The summed E-state index contributed by atoms with van der Waals surface area (Å²) in [5.41, 5.74) is 13.9. The van der Waals surface area contributed by atoms with Gasteiger partial charge in [-0.3, -0.25) is 0 Å². The summed E-state index contributed by atoms with van der Waals surface area (Å²) in [6.07, 6.45) is 0. The third-order valence-electron chi connectivity index (χ3n) is 11.0. The average Bonchev–Trinajstić information content (AvgIpc) is 3.88. The zero-order valence-corrected chi connectivity index (χ0v) is 31.0. The van der Waals surface area contributed by atoms with Crippen LogP contribution in [0.2, 0.25) is 0 Å². The molecule has 0 aliphatic heterocycles. The number of oxazole rings is 1. The second-order valence-electron chi connectivity index (χ2n) is 14.4. The smallest absolute Gasteiger partial charge is 0.227 e. The van der Waals surface area contributed by atoms with E-state index in [0.29, 0.717) is 5.89 Å². The van der Waals surface area contributed by atoms with E-state index >= 15 is 0 Å². The van der Waals surface area contributed by atoms with E-state index in [1.54, 1.807) is 0 Å². The van der Waals surface area contributed by atoms with Crippen LogP contribution in [0.1, 0.15) is 0 Å². The van der Waals surface area contributed by atoms with E-state index in [1.807, 2.05) is 30.3 Å². The molecule has 11 aromatic rings. The molecule has 9 aromatic carbocycles. The Kier molecular flexibility index (Phi) is 7.78. The van der Waals surface area contributed by atoms with Gasteiger partial charge in [0.05, 0.1) is 11.0 Å². The SMILES string of the molecule is c1ccc(-c2cccc(N(c3ccc(-c4cccc5ccc6nc(-c7ccccc7)oc6c45)cc3)c3ccc4c(c3)c3ccccc3n4-c3ccccc3)c2)cc1. The molecule has 0 unspecified atom stereocenters. The van der Waals surface area contributed by atoms with Crippen LogP contribution in [0, 0.1) is 0 Å². The molecule has 0 spiro atoms. The van der Waals surface area contributed by atoms with Gasteiger partial charge < -0.3 is 13.9 Å². The monoisotopic (exact) mass is 729 g/mol. The highest BCUT2D eigenvalue weighted by Gasteiger charge is 2.19. The van der Waals surface area contributed by atoms with Crippen molar-refractivity contribution in [1.82, 2.24) is 9.55 Å². The summed E-state index contributed by atoms with van der Waals surface area (Å²) >= 11 is 0. The second-order valence-corrected chi connectivity index (χ2v) is 14.4. The number of fused-ring (bicyclic) bond motifs is 6. The molecule has 0 saturated heterocycles. The van der Waals surface area contributed by atoms with E-state index in [2.05, 4.69) is 191 Å². The summed E-state index contributed by atoms with van der Waals surface area (Å²) in [6.45, 7) is 0. The second kappa shape index (κ2) is 13.6. The first-order valence-electron chi connectivity index (χ1n) is 19.3. The van der Waals surface area contributed by atoms with Crippen molar-refractivity contribution in [3.05, 3.63) is 212 Å². The molecule has 0 saturated carbocycles. The number of aromatic nitrogens is 2. The zero-order chi connectivity index (χ0) is 37.7. The van der Waals surface area contributed by atoms with E-state index in [4.69, 9.17) is 9.40 Å². The van der Waals surface area contributed by atoms with Gasteiger partial charge in [-0.25, -0.2) is 4.98 Å². The van der Waals surface area contributed by atoms with Crippen molar-refractivity contribution < 1.29 is 4.42 Å². The Morgan fingerprint density at radius 2 is 1.07 bits per heavy atom. The van der Waals surface area contributed by atoms with Crippen molar-refractivity contribution in [2.45, 2.75) is 0 Å². The maximum absolute atomic E-state index is 6.53. The van der Waals surface area contributed by atoms with Crippen molar-refractivity contribution >= 4 is 60.7 Å². The molecule has 4 heteroatoms. The molecule has 0 atom stereocenters. The molecule has 4 nitrogen and oxygen atoms in total. The van der Waals surface area contributed by atoms with Gasteiger partial charge in [0.2, 0.25) is 5.89 Å². The lowest BCUT2D eigenvalue weighted by atomic mass is 9.97. The lowest BCUT2D eigenvalue weighted by Gasteiger charge is -2.26. The first kappa shape index (κ1) is 32.7. The summed E-state index contributed by atoms with van der Waals surface area (Å²) in [5, 5.41) is 4.60. The first-order valence-corrected chi connectivity index (χ1v) is 19.3. The molecule has 0 fully saturated rings. The molecule has 0 bridgehead atoms. The van der Waals surface area contributed by atoms with Gasteiger partial charge >= 0.3 is 0 Å². The fourth-order valence-electron chi connectivity index (χ4n) is 8.35. The van der Waals surface area contributed by atoms with Gasteiger partial charge in [0.15, 0.2) is 5.58 Å². The Morgan fingerprint density at radius 3 is 1.88 bits per heavy atom. The van der Waals surface area contributed by atoms with Crippen LogP contribution in [-0.4, -0.2) is 9.55 Å². The summed E-state index contributed by atoms with van der Waals surface area (Å²) in [6, 6.07) is 75.2. The number of para-hydroxylation sites is 2. The molecule has 11 rings (SSSR count). The summed E-state index contributed by atoms with van der Waals surface area (Å²) in [7, 11) is 0. The van der Waals surface area contributed by atoms with Gasteiger partial charge in [-0.15, -0.1) is 0 Å². The fraction of sp³-hybridized carbons (Fsp3) is 0. The van der Waals surface area contributed by atoms with E-state index < -0.39 is 0 Å². The van der Waals surface area contributed by atoms with Crippen LogP contribution in [0.5, 0.6) is 0 Å². The van der Waals surface area contributed by atoms with Gasteiger partial charge in [-0.2, -0.15) is 0 Å². The highest BCUT2D eigenvalue weighted by molar-refractivity contribution is 6.12. The lowest BCUT2D eigenvalue weighted by molar-refractivity contribution is 0.623. The third-order valence-corrected chi connectivity index (χ3v) is 11.0. The lowest BCUT2D eigenvalue weighted by Crippen LogP contribution is -2.10. The van der Waals surface area contributed by atoms with Crippen LogP contribution < -0.4 is 4.90 Å². The Hall–Kier alpha value is -7.69. The standard InChI is InChI=1S/C53H35N3O/c1-4-14-36(15-5-1)40-19-12-22-43(34-40)55(44-31-33-50-47(35-44)46-23-10-11-25-49(46)56(50)41-20-8-3-9-21-41)42-29-26-37(27-30-42)45-24-13-18-38-28-32-48-52(51(38)45)57-53(54-48)39-16-6-2-7-17-39/h1-35H. The first-order chi connectivity index (χ1) is 28.3. The largest absolute Gasteiger partial charge is 0.435 e. The number of hydrogen-bond acceptors (Lipinski definition) is 3. The van der Waals surface area contributed by atoms with Crippen LogP contribution in [0.25, 0.3) is 83.1 Å². The van der Waals surface area contributed by atoms with E-state index in [0.717, 1.165) is 66.9 Å². The number of nitrogens with zero attached hydrogens (tertiary/aromatic N) is 3. The van der Waals surface area contributed by atoms with E-state index in [1.165, 1.54) is 27.4 Å². The van der Waals surface area contributed by atoms with Crippen molar-refractivity contribution in [1.29, 1.82) is 0 Å². The predicted molar refractivity (Wildman–Crippen MR) is 237 cm³/mol. The van der Waals surface area contributed by atoms with Gasteiger partial charge in [-0.1, -0.05) is 133 Å². The van der Waals surface area contributed by atoms with E-state index in [-0.39, 0.29) is 0 Å². The van der Waals surface area contributed by atoms with Gasteiger partial charge in [0.1, 0.15) is 5.52 Å². The Bertz CT molecular complexity index is 3220. The highest BCUT2D eigenvalue weighted by atomic mass is 16.3. The number of anilines is 3. The normalized spacial score (nSPS) is 11.5. The molecule has 2 heterocycles. The minimum absolute atomic E-state index is 0.625. The summed E-state index contributed by atoms with van der Waals surface area (Å²) in [4.78, 5) is 7.25. The maximum atomic E-state index is 6.53. The maximum Gasteiger partial charge on any atom is 0.227 e. The Labute approximate surface area is 330 Å². The Morgan fingerprint density at radius 1 is 0.421 bits per heavy atom. The molecule has 0 aliphatic carbocycles. The van der Waals surface area contributed by atoms with Crippen LogP contribution in [-0.2, 0) is 0 Å². The van der Waals surface area contributed by atoms with Gasteiger partial charge in [0.25, 0.3) is 0 Å². The van der Waals surface area contributed by atoms with Gasteiger partial charge in [0, 0.05) is 44.5 Å². The molecular formula is C53H35N3O. The third kappa shape index (κ3) is 5.66. The average molecular weight is 730 g/mol. The molecule has 0 radical (unpaired) electrons. The van der Waals surface area contributed by atoms with Crippen molar-refractivity contribution in [3.63, 3.8) is 0 Å². The van der Waals surface area contributed by atoms with Crippen LogP contribution in [0.3, 0.4) is 0 Å². The molecule has 268 valence electrons. The van der Waals surface area contributed by atoms with E-state index in [9.17, 15) is 0 Å². The topological polar surface area (TPSA) is 34.2 Å². The zero-order valence-electron chi connectivity index (χ0n) is 31.0. The highest BCUT2D eigenvalue weighted by Crippen LogP contribution is 2.42. The molecule has 0 aliphatic rings. The Balaban J connectivity index is 1.07. The summed E-state index contributed by atoms with van der Waals surface area (Å²) < 4.78 is 8.89. The quantitative estimate of drug-likeness (QED) is 0.164. The fourth-order valence-corrected chi connectivity index (χ4v) is 8.35. The number of benzene rings is 9. The van der Waals surface area contributed by atoms with Crippen molar-refractivity contribution in [2.75, 3.05) is 4.90 Å². The van der Waals surface area contributed by atoms with Crippen molar-refractivity contribution in [2.24, 2.45) is 0 Å². The van der Waals surface area contributed by atoms with Gasteiger partial charge in [-0.05, 0) is 107 Å². The van der Waals surface area contributed by atoms with Crippen LogP contribution >= 0.6 is 0 Å². The molecule has 2 aromatic heterocycles. The summed E-state index contributed by atoms with van der Waals surface area (Å²) in [5.74, 6) is 0.625. The number of hydrogen-bond donors (Lipinski definition) is 0. The minimum Gasteiger partial charge on any atom is -0.435 e. The van der Waals surface area contributed by atoms with Crippen LogP contribution in [0.4, 0.5) is 17.1 Å².